The Morgan fingerprint density at radius 3 is 2.41 bits per heavy atom. The molecule has 2 heterocycles. The molecule has 4 aromatic rings. The van der Waals surface area contributed by atoms with Crippen molar-refractivity contribution in [2.45, 2.75) is 42.1 Å². The van der Waals surface area contributed by atoms with E-state index in [-0.39, 0.29) is 17.7 Å². The number of nitrogens with zero attached hydrogens (tertiary/aromatic N) is 1. The second-order valence-corrected chi connectivity index (χ2v) is 14.5. The number of fused-ring (bicyclic) bond motifs is 1. The molecule has 0 radical (unpaired) electrons. The van der Waals surface area contributed by atoms with Gasteiger partial charge >= 0.3 is 6.18 Å². The van der Waals surface area contributed by atoms with Crippen LogP contribution in [0.5, 0.6) is 0 Å². The third-order valence-electron chi connectivity index (χ3n) is 6.48. The summed E-state index contributed by atoms with van der Waals surface area (Å²) < 4.78 is 87.9. The van der Waals surface area contributed by atoms with Gasteiger partial charge in [-0.1, -0.05) is 57.9 Å². The second kappa shape index (κ2) is 13.0. The largest absolute Gasteiger partial charge is 0.446 e. The van der Waals surface area contributed by atoms with Crippen molar-refractivity contribution in [3.05, 3.63) is 92.7 Å². The van der Waals surface area contributed by atoms with Crippen molar-refractivity contribution in [1.29, 1.82) is 0 Å². The van der Waals surface area contributed by atoms with Gasteiger partial charge in [0.15, 0.2) is 0 Å². The maximum Gasteiger partial charge on any atom is 0.446 e. The number of halogens is 5. The van der Waals surface area contributed by atoms with Crippen molar-refractivity contribution in [3.8, 4) is 0 Å². The zero-order valence-electron chi connectivity index (χ0n) is 22.5. The molecule has 1 aliphatic rings. The summed E-state index contributed by atoms with van der Waals surface area (Å²) in [5.74, 6) is -0.136. The number of aryl methyl sites for hydroxylation is 1. The van der Waals surface area contributed by atoms with Crippen molar-refractivity contribution < 1.29 is 39.6 Å². The minimum Gasteiger partial charge on any atom is -0.341 e. The van der Waals surface area contributed by atoms with Crippen LogP contribution < -0.4 is 9.44 Å². The van der Waals surface area contributed by atoms with Crippen molar-refractivity contribution >= 4 is 70.8 Å². The minimum atomic E-state index is -4.64. The fourth-order valence-electron chi connectivity index (χ4n) is 4.35. The van der Waals surface area contributed by atoms with Crippen LogP contribution in [0.25, 0.3) is 11.0 Å². The zero-order chi connectivity index (χ0) is 32.4. The van der Waals surface area contributed by atoms with Crippen LogP contribution in [0.15, 0.2) is 70.0 Å². The Morgan fingerprint density at radius 1 is 1.16 bits per heavy atom. The molecule has 1 fully saturated rings. The maximum absolute atomic E-state index is 13.4. The number of carbonyl (C=O) groups is 2. The molecule has 0 aliphatic carbocycles. The number of alkyl halides is 3. The fraction of sp³-hybridized carbons (Fsp3) is 0.222. The van der Waals surface area contributed by atoms with Crippen LogP contribution in [0.4, 0.5) is 13.2 Å². The monoisotopic (exact) mass is 734 g/mol. The normalized spacial score (nSPS) is 17.0. The van der Waals surface area contributed by atoms with E-state index in [1.807, 2.05) is 29.0 Å². The zero-order valence-corrected chi connectivity index (χ0v) is 26.5. The first-order valence-electron chi connectivity index (χ1n) is 12.6. The van der Waals surface area contributed by atoms with Gasteiger partial charge in [-0.15, -0.1) is 0 Å². The van der Waals surface area contributed by atoms with Crippen LogP contribution in [0.1, 0.15) is 40.2 Å². The van der Waals surface area contributed by atoms with E-state index >= 15 is 0 Å². The van der Waals surface area contributed by atoms with Crippen LogP contribution >= 0.6 is 27.5 Å². The van der Waals surface area contributed by atoms with Crippen LogP contribution in [-0.2, 0) is 36.1 Å². The second-order valence-electron chi connectivity index (χ2n) is 9.71. The third kappa shape index (κ3) is 8.04. The smallest absolute Gasteiger partial charge is 0.341 e. The van der Waals surface area contributed by atoms with Gasteiger partial charge in [0.2, 0.25) is 32.2 Å². The highest BCUT2D eigenvalue weighted by molar-refractivity contribution is 9.10. The van der Waals surface area contributed by atoms with Gasteiger partial charge in [0, 0.05) is 9.50 Å². The number of aromatic nitrogens is 2. The van der Waals surface area contributed by atoms with Gasteiger partial charge in [-0.25, -0.2) is 26.5 Å². The average Bonchev–Trinajstić information content (AvgIpc) is 3.49. The average molecular weight is 736 g/mol. The summed E-state index contributed by atoms with van der Waals surface area (Å²) in [7, 11) is -7.80. The quantitative estimate of drug-likeness (QED) is 0.221. The van der Waals surface area contributed by atoms with E-state index in [0.29, 0.717) is 32.0 Å². The molecule has 3 aromatic carbocycles. The lowest BCUT2D eigenvalue weighted by atomic mass is 10.0. The number of benzene rings is 3. The molecule has 17 heteroatoms. The highest BCUT2D eigenvalue weighted by atomic mass is 79.9. The number of H-pyrrole nitrogens is 1. The van der Waals surface area contributed by atoms with Crippen molar-refractivity contribution in [1.82, 2.24) is 19.4 Å². The molecule has 44 heavy (non-hydrogen) atoms. The van der Waals surface area contributed by atoms with Gasteiger partial charge in [-0.05, 0) is 60.4 Å². The fourth-order valence-corrected chi connectivity index (χ4v) is 8.13. The lowest BCUT2D eigenvalue weighted by Gasteiger charge is -2.19. The first-order valence-corrected chi connectivity index (χ1v) is 16.8. The van der Waals surface area contributed by atoms with E-state index in [1.165, 1.54) is 12.1 Å². The summed E-state index contributed by atoms with van der Waals surface area (Å²) in [6, 6.07) is 16.2. The van der Waals surface area contributed by atoms with E-state index in [9.17, 15) is 34.8 Å². The van der Waals surface area contributed by atoms with E-state index in [0.717, 1.165) is 11.1 Å². The molecule has 234 valence electrons. The van der Waals surface area contributed by atoms with Crippen LogP contribution in [0.3, 0.4) is 0 Å². The molecule has 3 N–H and O–H groups in total. The molecule has 0 saturated carbocycles. The van der Waals surface area contributed by atoms with Gasteiger partial charge in [0.1, 0.15) is 11.1 Å². The SMILES string of the molecule is Cc1ccc(S(=O)(=O)N[C@@H](Cc2ccc(C3CC(=O)NS3(=O)=O)c(Br)c2)c2nc3ccccc3[nH]2)cc1Cl.O=CC(F)(F)F. The van der Waals surface area contributed by atoms with Gasteiger partial charge in [-0.3, -0.25) is 14.3 Å². The lowest BCUT2D eigenvalue weighted by molar-refractivity contribution is -0.156. The summed E-state index contributed by atoms with van der Waals surface area (Å²) in [4.78, 5) is 28.2. The van der Waals surface area contributed by atoms with Crippen LogP contribution in [0, 0.1) is 6.92 Å². The number of aldehydes is 1. The Labute approximate surface area is 263 Å². The van der Waals surface area contributed by atoms with Crippen molar-refractivity contribution in [3.63, 3.8) is 0 Å². The topological polar surface area (TPSA) is 155 Å². The Balaban J connectivity index is 0.000000670. The Bertz CT molecular complexity index is 1920. The first-order chi connectivity index (χ1) is 20.5. The number of rotatable bonds is 7. The molecule has 1 saturated heterocycles. The number of carbonyl (C=O) groups excluding carboxylic acids is 2. The number of aromatic amines is 1. The summed E-state index contributed by atoms with van der Waals surface area (Å²) in [6.45, 7) is 1.79. The minimum absolute atomic E-state index is 0.0225. The maximum atomic E-state index is 13.4. The van der Waals surface area contributed by atoms with E-state index in [2.05, 4.69) is 30.6 Å². The molecule has 1 aromatic heterocycles. The van der Waals surface area contributed by atoms with Crippen molar-refractivity contribution in [2.75, 3.05) is 0 Å². The Kier molecular flexibility index (Phi) is 9.90. The molecule has 1 aliphatic heterocycles. The number of hydrogen-bond donors (Lipinski definition) is 3. The van der Waals surface area contributed by atoms with Gasteiger partial charge < -0.3 is 4.98 Å². The highest BCUT2D eigenvalue weighted by Crippen LogP contribution is 2.36. The molecule has 1 unspecified atom stereocenters. The van der Waals surface area contributed by atoms with Gasteiger partial charge in [0.25, 0.3) is 0 Å². The predicted octanol–water partition coefficient (Wildman–Crippen LogP) is 5.19. The number of nitrogens with one attached hydrogen (secondary N) is 3. The lowest BCUT2D eigenvalue weighted by Crippen LogP contribution is -2.31. The highest BCUT2D eigenvalue weighted by Gasteiger charge is 2.39. The number of sulfonamides is 2. The van der Waals surface area contributed by atoms with Crippen LogP contribution in [0.2, 0.25) is 5.02 Å². The summed E-state index contributed by atoms with van der Waals surface area (Å²) in [6.07, 6.45) is -5.67. The standard InChI is InChI=1S/C25H22BrClN4O5S2.C2HF3O/c1-14-6-8-16(12-19(14)27)37(33,34)30-22(25-28-20-4-2-3-5-21(20)29-25)11-15-7-9-17(18(26)10-15)23-13-24(32)31-38(23,35)36;3-2(4,5)1-6/h2-10,12,22-23,30H,11,13H2,1H3,(H,28,29)(H,31,32);1H/t22-,23?;/m0./s1. The van der Waals surface area contributed by atoms with E-state index < -0.39 is 49.7 Å². The van der Waals surface area contributed by atoms with Crippen molar-refractivity contribution in [2.24, 2.45) is 0 Å². The van der Waals surface area contributed by atoms with E-state index in [1.54, 1.807) is 31.2 Å². The van der Waals surface area contributed by atoms with E-state index in [4.69, 9.17) is 16.4 Å². The molecule has 10 nitrogen and oxygen atoms in total. The first kappa shape index (κ1) is 33.6. The molecule has 5 rings (SSSR count). The number of hydrogen-bond acceptors (Lipinski definition) is 7. The number of para-hydroxylation sites is 2. The molecule has 0 bridgehead atoms. The molecule has 0 spiro atoms. The third-order valence-corrected chi connectivity index (χ3v) is 10.7. The Hall–Kier alpha value is -3.31. The molecular weight excluding hydrogens is 713 g/mol. The summed E-state index contributed by atoms with van der Waals surface area (Å²) >= 11 is 9.62. The molecular formula is C27H23BrClF3N4O6S2. The van der Waals surface area contributed by atoms with Gasteiger partial charge in [0.05, 0.1) is 28.4 Å². The number of amides is 1. The summed E-state index contributed by atoms with van der Waals surface area (Å²) in [5, 5.41) is -0.670. The van der Waals surface area contributed by atoms with Gasteiger partial charge in [-0.2, -0.15) is 13.2 Å². The molecule has 1 amide bonds. The summed E-state index contributed by atoms with van der Waals surface area (Å²) in [5.41, 5.74) is 3.36. The Morgan fingerprint density at radius 2 is 1.84 bits per heavy atom. The molecule has 2 atom stereocenters. The predicted molar refractivity (Wildman–Crippen MR) is 160 cm³/mol. The van der Waals surface area contributed by atoms with Crippen LogP contribution in [-0.4, -0.2) is 45.2 Å². The number of imidazole rings is 1.